The van der Waals surface area contributed by atoms with Crippen LogP contribution in [0.25, 0.3) is 0 Å². The minimum absolute atomic E-state index is 0.00808. The van der Waals surface area contributed by atoms with Gasteiger partial charge in [-0.05, 0) is 44.9 Å². The van der Waals surface area contributed by atoms with Gasteiger partial charge in [-0.2, -0.15) is 0 Å². The highest BCUT2D eigenvalue weighted by Gasteiger charge is 2.33. The summed E-state index contributed by atoms with van der Waals surface area (Å²) in [6, 6.07) is 8.71. The number of benzene rings is 1. The molecule has 2 aliphatic heterocycles. The molecule has 1 aromatic carbocycles. The molecule has 0 spiro atoms. The quantitative estimate of drug-likeness (QED) is 0.594. The number of carbonyl (C=O) groups excluding carboxylic acids is 3. The highest BCUT2D eigenvalue weighted by atomic mass is 16.5. The number of nitrogens with zero attached hydrogens (tertiary/aromatic N) is 1. The Bertz CT molecular complexity index is 809. The van der Waals surface area contributed by atoms with E-state index in [0.717, 1.165) is 25.1 Å². The Kier molecular flexibility index (Phi) is 7.46. The Labute approximate surface area is 177 Å². The lowest BCUT2D eigenvalue weighted by molar-refractivity contribution is -0.139. The Morgan fingerprint density at radius 1 is 1.23 bits per heavy atom. The summed E-state index contributed by atoms with van der Waals surface area (Å²) in [6.45, 7) is 5.71. The number of amides is 3. The molecule has 2 aliphatic rings. The van der Waals surface area contributed by atoms with Crippen LogP contribution in [0.4, 0.5) is 10.5 Å². The van der Waals surface area contributed by atoms with Gasteiger partial charge in [-0.1, -0.05) is 25.1 Å². The Balaban J connectivity index is 1.71. The lowest BCUT2D eigenvalue weighted by Gasteiger charge is -2.35. The minimum Gasteiger partial charge on any atom is -0.463 e. The van der Waals surface area contributed by atoms with E-state index in [1.54, 1.807) is 6.92 Å². The number of carbonyl (C=O) groups is 3. The maximum Gasteiger partial charge on any atom is 0.337 e. The first-order valence-corrected chi connectivity index (χ1v) is 10.6. The van der Waals surface area contributed by atoms with Crippen LogP contribution >= 0.6 is 0 Å². The van der Waals surface area contributed by atoms with Gasteiger partial charge in [-0.15, -0.1) is 0 Å². The molecule has 30 heavy (non-hydrogen) atoms. The SMILES string of the molecule is CCOC(=O)C1=C(CN2CCC[C@H](C(=O)Nc3ccccc3)C2)NC(=O)N[C@H]1CC. The molecule has 3 rings (SSSR count). The predicted octanol–water partition coefficient (Wildman–Crippen LogP) is 2.25. The summed E-state index contributed by atoms with van der Waals surface area (Å²) in [6.07, 6.45) is 2.27. The fourth-order valence-corrected chi connectivity index (χ4v) is 3.99. The van der Waals surface area contributed by atoms with Crippen LogP contribution in [0.3, 0.4) is 0 Å². The van der Waals surface area contributed by atoms with Gasteiger partial charge in [0.2, 0.25) is 5.91 Å². The number of anilines is 1. The molecular formula is C22H30N4O4. The Morgan fingerprint density at radius 3 is 2.70 bits per heavy atom. The number of hydrogen-bond acceptors (Lipinski definition) is 5. The van der Waals surface area contributed by atoms with E-state index in [1.807, 2.05) is 37.3 Å². The van der Waals surface area contributed by atoms with E-state index in [9.17, 15) is 14.4 Å². The molecule has 0 bridgehead atoms. The van der Waals surface area contributed by atoms with E-state index >= 15 is 0 Å². The molecule has 0 radical (unpaired) electrons. The predicted molar refractivity (Wildman–Crippen MR) is 114 cm³/mol. The van der Waals surface area contributed by atoms with Crippen molar-refractivity contribution in [1.82, 2.24) is 15.5 Å². The highest BCUT2D eigenvalue weighted by Crippen LogP contribution is 2.22. The molecule has 0 aromatic heterocycles. The van der Waals surface area contributed by atoms with Crippen LogP contribution in [-0.2, 0) is 14.3 Å². The van der Waals surface area contributed by atoms with Crippen molar-refractivity contribution in [2.24, 2.45) is 5.92 Å². The molecule has 8 heteroatoms. The van der Waals surface area contributed by atoms with Gasteiger partial charge >= 0.3 is 12.0 Å². The molecule has 0 saturated carbocycles. The molecule has 1 fully saturated rings. The second-order valence-electron chi connectivity index (χ2n) is 7.60. The van der Waals surface area contributed by atoms with E-state index < -0.39 is 5.97 Å². The van der Waals surface area contributed by atoms with Crippen LogP contribution in [-0.4, -0.2) is 55.1 Å². The summed E-state index contributed by atoms with van der Waals surface area (Å²) >= 11 is 0. The molecule has 3 N–H and O–H groups in total. The van der Waals surface area contributed by atoms with Crippen LogP contribution < -0.4 is 16.0 Å². The number of likely N-dealkylation sites (tertiary alicyclic amines) is 1. The molecule has 0 aliphatic carbocycles. The number of para-hydroxylation sites is 1. The molecule has 0 unspecified atom stereocenters. The summed E-state index contributed by atoms with van der Waals surface area (Å²) in [5, 5.41) is 8.54. The van der Waals surface area contributed by atoms with Crippen molar-refractivity contribution in [3.05, 3.63) is 41.6 Å². The van der Waals surface area contributed by atoms with E-state index in [0.29, 0.717) is 30.8 Å². The molecule has 1 aromatic rings. The summed E-state index contributed by atoms with van der Waals surface area (Å²) in [5.74, 6) is -0.571. The lowest BCUT2D eigenvalue weighted by Crippen LogP contribution is -2.53. The fourth-order valence-electron chi connectivity index (χ4n) is 3.99. The normalized spacial score (nSPS) is 22.1. The third-order valence-corrected chi connectivity index (χ3v) is 5.45. The number of nitrogens with one attached hydrogen (secondary N) is 3. The third-order valence-electron chi connectivity index (χ3n) is 5.45. The second-order valence-corrected chi connectivity index (χ2v) is 7.60. The molecule has 1 saturated heterocycles. The van der Waals surface area contributed by atoms with Crippen molar-refractivity contribution in [2.75, 3.05) is 31.6 Å². The minimum atomic E-state index is -0.415. The number of urea groups is 1. The van der Waals surface area contributed by atoms with Crippen molar-refractivity contribution in [3.63, 3.8) is 0 Å². The number of rotatable bonds is 7. The first-order chi connectivity index (χ1) is 14.5. The smallest absolute Gasteiger partial charge is 0.337 e. The average molecular weight is 415 g/mol. The first-order valence-electron chi connectivity index (χ1n) is 10.6. The summed E-state index contributed by atoms with van der Waals surface area (Å²) in [5.41, 5.74) is 1.81. The number of hydrogen-bond donors (Lipinski definition) is 3. The van der Waals surface area contributed by atoms with E-state index in [-0.39, 0.29) is 30.5 Å². The molecule has 162 valence electrons. The van der Waals surface area contributed by atoms with Crippen LogP contribution in [0.15, 0.2) is 41.6 Å². The lowest BCUT2D eigenvalue weighted by atomic mass is 9.95. The van der Waals surface area contributed by atoms with Gasteiger partial charge in [0.05, 0.1) is 24.1 Å². The third kappa shape index (κ3) is 5.38. The van der Waals surface area contributed by atoms with E-state index in [2.05, 4.69) is 20.9 Å². The van der Waals surface area contributed by atoms with Crippen LogP contribution in [0.5, 0.6) is 0 Å². The molecule has 8 nitrogen and oxygen atoms in total. The van der Waals surface area contributed by atoms with Gasteiger partial charge < -0.3 is 20.7 Å². The zero-order valence-electron chi connectivity index (χ0n) is 17.6. The van der Waals surface area contributed by atoms with Crippen LogP contribution in [0.1, 0.15) is 33.1 Å². The Morgan fingerprint density at radius 2 is 2.00 bits per heavy atom. The van der Waals surface area contributed by atoms with Gasteiger partial charge in [0.25, 0.3) is 0 Å². The standard InChI is InChI=1S/C22H30N4O4/c1-3-17-19(21(28)30-4-2)18(25-22(29)24-17)14-26-12-8-9-15(13-26)20(27)23-16-10-6-5-7-11-16/h5-7,10-11,15,17H,3-4,8-9,12-14H2,1-2H3,(H,23,27)(H2,24,25,29)/t15-,17-/m0/s1. The van der Waals surface area contributed by atoms with Crippen LogP contribution in [0.2, 0.25) is 0 Å². The van der Waals surface area contributed by atoms with Crippen molar-refractivity contribution < 1.29 is 19.1 Å². The first kappa shape index (κ1) is 21.8. The van der Waals surface area contributed by atoms with Crippen molar-refractivity contribution >= 4 is 23.6 Å². The molecule has 2 atom stereocenters. The van der Waals surface area contributed by atoms with Crippen molar-refractivity contribution in [3.8, 4) is 0 Å². The maximum absolute atomic E-state index is 12.7. The highest BCUT2D eigenvalue weighted by molar-refractivity contribution is 5.95. The maximum atomic E-state index is 12.7. The zero-order chi connectivity index (χ0) is 21.5. The summed E-state index contributed by atoms with van der Waals surface area (Å²) in [7, 11) is 0. The molecular weight excluding hydrogens is 384 g/mol. The zero-order valence-corrected chi connectivity index (χ0v) is 17.6. The van der Waals surface area contributed by atoms with Gasteiger partial charge in [0.1, 0.15) is 0 Å². The van der Waals surface area contributed by atoms with Crippen molar-refractivity contribution in [2.45, 2.75) is 39.2 Å². The Hall–Kier alpha value is -2.87. The topological polar surface area (TPSA) is 99.8 Å². The van der Waals surface area contributed by atoms with Crippen molar-refractivity contribution in [1.29, 1.82) is 0 Å². The summed E-state index contributed by atoms with van der Waals surface area (Å²) < 4.78 is 5.22. The van der Waals surface area contributed by atoms with Gasteiger partial charge in [-0.25, -0.2) is 9.59 Å². The second kappa shape index (κ2) is 10.2. The number of piperidine rings is 1. The van der Waals surface area contributed by atoms with E-state index in [4.69, 9.17) is 4.74 Å². The summed E-state index contributed by atoms with van der Waals surface area (Å²) in [4.78, 5) is 39.5. The average Bonchev–Trinajstić information content (AvgIpc) is 2.74. The molecule has 3 amide bonds. The molecule has 2 heterocycles. The van der Waals surface area contributed by atoms with Crippen LogP contribution in [0, 0.1) is 5.92 Å². The number of esters is 1. The largest absolute Gasteiger partial charge is 0.463 e. The number of ether oxygens (including phenoxy) is 1. The van der Waals surface area contributed by atoms with Gasteiger partial charge in [0, 0.05) is 24.5 Å². The monoisotopic (exact) mass is 414 g/mol. The van der Waals surface area contributed by atoms with Gasteiger partial charge in [0.15, 0.2) is 0 Å². The van der Waals surface area contributed by atoms with E-state index in [1.165, 1.54) is 0 Å². The van der Waals surface area contributed by atoms with Gasteiger partial charge in [-0.3, -0.25) is 9.69 Å². The fraction of sp³-hybridized carbons (Fsp3) is 0.500.